The maximum atomic E-state index is 12.5. The van der Waals surface area contributed by atoms with Gasteiger partial charge in [0.1, 0.15) is 0 Å². The summed E-state index contributed by atoms with van der Waals surface area (Å²) >= 11 is 0. The maximum Gasteiger partial charge on any atom is 0.185 e. The minimum absolute atomic E-state index is 0.277. The van der Waals surface area contributed by atoms with Gasteiger partial charge in [-0.1, -0.05) is 13.3 Å². The van der Waals surface area contributed by atoms with Crippen molar-refractivity contribution in [3.05, 3.63) is 22.3 Å². The summed E-state index contributed by atoms with van der Waals surface area (Å²) in [6.45, 7) is 2.21. The van der Waals surface area contributed by atoms with Crippen LogP contribution in [-0.2, 0) is 4.79 Å². The van der Waals surface area contributed by atoms with Gasteiger partial charge in [0.15, 0.2) is 5.78 Å². The summed E-state index contributed by atoms with van der Waals surface area (Å²) in [5.74, 6) is 0.941. The normalized spacial score (nSPS) is 32.4. The van der Waals surface area contributed by atoms with Crippen LogP contribution < -0.4 is 0 Å². The largest absolute Gasteiger partial charge is 0.384 e. The van der Waals surface area contributed by atoms with Crippen molar-refractivity contribution < 1.29 is 9.90 Å². The fourth-order valence-electron chi connectivity index (χ4n) is 3.81. The van der Waals surface area contributed by atoms with Gasteiger partial charge in [0.05, 0.1) is 6.10 Å². The van der Waals surface area contributed by atoms with Crippen LogP contribution in [0.15, 0.2) is 22.3 Å². The molecule has 0 aromatic rings. The molecule has 0 heterocycles. The number of carbonyl (C=O) groups excluding carboxylic acids is 1. The monoisotopic (exact) mass is 246 g/mol. The van der Waals surface area contributed by atoms with E-state index >= 15 is 0 Å². The Bertz CT molecular complexity index is 442. The molecule has 18 heavy (non-hydrogen) atoms. The lowest BCUT2D eigenvalue weighted by atomic mass is 9.70. The van der Waals surface area contributed by atoms with Gasteiger partial charge in [0.2, 0.25) is 0 Å². The minimum atomic E-state index is -0.428. The molecule has 2 nitrogen and oxygen atoms in total. The molecule has 0 radical (unpaired) electrons. The van der Waals surface area contributed by atoms with Gasteiger partial charge >= 0.3 is 0 Å². The number of rotatable bonds is 1. The Morgan fingerprint density at radius 2 is 1.83 bits per heavy atom. The van der Waals surface area contributed by atoms with Crippen molar-refractivity contribution in [1.29, 1.82) is 0 Å². The van der Waals surface area contributed by atoms with Crippen molar-refractivity contribution in [3.63, 3.8) is 0 Å². The second kappa shape index (κ2) is 4.65. The standard InChI is InChI=1S/C16H22O2/c1-2-10-7-8-13-14(9-10)16(18)12-6-4-3-5-11(12)15(13)17/h10,16,18H,2-9H2,1H3. The van der Waals surface area contributed by atoms with Crippen molar-refractivity contribution in [3.8, 4) is 0 Å². The molecule has 0 aromatic carbocycles. The summed E-state index contributed by atoms with van der Waals surface area (Å²) in [5.41, 5.74) is 4.05. The Morgan fingerprint density at radius 3 is 2.61 bits per heavy atom. The lowest BCUT2D eigenvalue weighted by Crippen LogP contribution is -2.32. The van der Waals surface area contributed by atoms with Crippen LogP contribution in [0.5, 0.6) is 0 Å². The molecule has 2 atom stereocenters. The molecule has 0 spiro atoms. The summed E-state index contributed by atoms with van der Waals surface area (Å²) in [5, 5.41) is 10.6. The maximum absolute atomic E-state index is 12.5. The lowest BCUT2D eigenvalue weighted by molar-refractivity contribution is -0.113. The van der Waals surface area contributed by atoms with Gasteiger partial charge in [-0.2, -0.15) is 0 Å². The highest BCUT2D eigenvalue weighted by atomic mass is 16.3. The van der Waals surface area contributed by atoms with Gasteiger partial charge in [-0.15, -0.1) is 0 Å². The van der Waals surface area contributed by atoms with Gasteiger partial charge in [0, 0.05) is 11.1 Å². The zero-order chi connectivity index (χ0) is 12.7. The highest BCUT2D eigenvalue weighted by Gasteiger charge is 2.37. The van der Waals surface area contributed by atoms with Crippen molar-refractivity contribution in [2.45, 2.75) is 64.4 Å². The Morgan fingerprint density at radius 1 is 1.11 bits per heavy atom. The Hall–Kier alpha value is -0.890. The van der Waals surface area contributed by atoms with Crippen LogP contribution in [-0.4, -0.2) is 17.0 Å². The second-order valence-electron chi connectivity index (χ2n) is 5.96. The molecular formula is C16H22O2. The summed E-state index contributed by atoms with van der Waals surface area (Å²) in [6.07, 6.45) is 7.73. The zero-order valence-electron chi connectivity index (χ0n) is 11.2. The van der Waals surface area contributed by atoms with Crippen LogP contribution in [0.1, 0.15) is 58.3 Å². The Labute approximate surface area is 109 Å². The van der Waals surface area contributed by atoms with Gasteiger partial charge < -0.3 is 5.11 Å². The topological polar surface area (TPSA) is 37.3 Å². The molecule has 3 rings (SSSR count). The second-order valence-corrected chi connectivity index (χ2v) is 5.96. The van der Waals surface area contributed by atoms with Crippen molar-refractivity contribution in [2.75, 3.05) is 0 Å². The number of hydrogen-bond acceptors (Lipinski definition) is 2. The molecule has 3 aliphatic carbocycles. The fourth-order valence-corrected chi connectivity index (χ4v) is 3.81. The third-order valence-corrected chi connectivity index (χ3v) is 4.99. The summed E-state index contributed by atoms with van der Waals surface area (Å²) in [4.78, 5) is 12.5. The first-order chi connectivity index (χ1) is 8.72. The van der Waals surface area contributed by atoms with E-state index in [9.17, 15) is 9.90 Å². The van der Waals surface area contributed by atoms with E-state index in [4.69, 9.17) is 0 Å². The molecule has 3 aliphatic rings. The lowest BCUT2D eigenvalue weighted by Gasteiger charge is -2.36. The molecule has 1 N–H and O–H groups in total. The van der Waals surface area contributed by atoms with E-state index in [1.165, 1.54) is 0 Å². The van der Waals surface area contributed by atoms with Gasteiger partial charge in [0.25, 0.3) is 0 Å². The zero-order valence-corrected chi connectivity index (χ0v) is 11.2. The van der Waals surface area contributed by atoms with Gasteiger partial charge in [-0.3, -0.25) is 4.79 Å². The van der Waals surface area contributed by atoms with E-state index in [0.29, 0.717) is 5.92 Å². The van der Waals surface area contributed by atoms with Crippen LogP contribution in [0.4, 0.5) is 0 Å². The van der Waals surface area contributed by atoms with Crippen LogP contribution in [0, 0.1) is 5.92 Å². The molecule has 0 saturated carbocycles. The number of aliphatic hydroxyl groups excluding tert-OH is 1. The Balaban J connectivity index is 1.96. The molecule has 2 unspecified atom stereocenters. The van der Waals surface area contributed by atoms with E-state index in [1.54, 1.807) is 0 Å². The number of allylic oxidation sites excluding steroid dienone is 2. The Kier molecular flexibility index (Phi) is 3.14. The highest BCUT2D eigenvalue weighted by molar-refractivity contribution is 6.11. The number of aliphatic hydroxyl groups is 1. The van der Waals surface area contributed by atoms with E-state index in [2.05, 4.69) is 6.92 Å². The van der Waals surface area contributed by atoms with Crippen molar-refractivity contribution in [2.24, 2.45) is 5.92 Å². The molecule has 2 heteroatoms. The molecule has 0 amide bonds. The fraction of sp³-hybridized carbons (Fsp3) is 0.688. The molecule has 0 aromatic heterocycles. The van der Waals surface area contributed by atoms with Crippen LogP contribution in [0.25, 0.3) is 0 Å². The van der Waals surface area contributed by atoms with Crippen LogP contribution >= 0.6 is 0 Å². The number of carbonyl (C=O) groups is 1. The molecule has 0 saturated heterocycles. The van der Waals surface area contributed by atoms with Crippen LogP contribution in [0.3, 0.4) is 0 Å². The summed E-state index contributed by atoms with van der Waals surface area (Å²) in [7, 11) is 0. The molecular weight excluding hydrogens is 224 g/mol. The SMILES string of the molecule is CCC1CCC2=C(C1)C(O)C1=C(CCCC1)C2=O. The smallest absolute Gasteiger partial charge is 0.185 e. The van der Waals surface area contributed by atoms with Crippen molar-refractivity contribution in [1.82, 2.24) is 0 Å². The minimum Gasteiger partial charge on any atom is -0.384 e. The number of Topliss-reactive ketones (excluding diaryl/α,β-unsaturated/α-hetero) is 1. The first kappa shape index (κ1) is 12.2. The number of ketones is 1. The quantitative estimate of drug-likeness (QED) is 0.770. The third kappa shape index (κ3) is 1.78. The average molecular weight is 246 g/mol. The third-order valence-electron chi connectivity index (χ3n) is 4.99. The highest BCUT2D eigenvalue weighted by Crippen LogP contribution is 2.43. The van der Waals surface area contributed by atoms with E-state index in [-0.39, 0.29) is 5.78 Å². The molecule has 98 valence electrons. The molecule has 0 aliphatic heterocycles. The van der Waals surface area contributed by atoms with E-state index < -0.39 is 6.10 Å². The molecule has 0 fully saturated rings. The van der Waals surface area contributed by atoms with Gasteiger partial charge in [-0.25, -0.2) is 0 Å². The summed E-state index contributed by atoms with van der Waals surface area (Å²) < 4.78 is 0. The van der Waals surface area contributed by atoms with Crippen LogP contribution in [0.2, 0.25) is 0 Å². The number of hydrogen-bond donors (Lipinski definition) is 1. The predicted molar refractivity (Wildman–Crippen MR) is 71.2 cm³/mol. The predicted octanol–water partition coefficient (Wildman–Crippen LogP) is 3.31. The van der Waals surface area contributed by atoms with Crippen molar-refractivity contribution >= 4 is 5.78 Å². The molecule has 0 bridgehead atoms. The summed E-state index contributed by atoms with van der Waals surface area (Å²) in [6, 6.07) is 0. The first-order valence-corrected chi connectivity index (χ1v) is 7.39. The van der Waals surface area contributed by atoms with E-state index in [0.717, 1.165) is 73.7 Å². The first-order valence-electron chi connectivity index (χ1n) is 7.39. The average Bonchev–Trinajstić information content (AvgIpc) is 2.44. The van der Waals surface area contributed by atoms with Gasteiger partial charge in [-0.05, 0) is 62.0 Å². The van der Waals surface area contributed by atoms with E-state index in [1.807, 2.05) is 0 Å².